The maximum absolute atomic E-state index is 14.1. The molecule has 0 bridgehead atoms. The minimum Gasteiger partial charge on any atom is -0.497 e. The molecule has 0 aliphatic carbocycles. The lowest BCUT2D eigenvalue weighted by molar-refractivity contribution is -0.117. The molecule has 4 aromatic rings. The number of likely N-dealkylation sites (N-methyl/N-ethyl adjacent to an activating group) is 1. The summed E-state index contributed by atoms with van der Waals surface area (Å²) in [6.07, 6.45) is 2.31. The van der Waals surface area contributed by atoms with Gasteiger partial charge < -0.3 is 19.3 Å². The molecule has 8 nitrogen and oxygen atoms in total. The Morgan fingerprint density at radius 3 is 2.26 bits per heavy atom. The number of anilines is 3. The smallest absolute Gasteiger partial charge is 0.237 e. The first kappa shape index (κ1) is 29.1. The second-order valence-corrected chi connectivity index (χ2v) is 10.8. The van der Waals surface area contributed by atoms with Crippen molar-refractivity contribution < 1.29 is 14.3 Å². The van der Waals surface area contributed by atoms with Crippen molar-refractivity contribution in [1.29, 1.82) is 0 Å². The van der Waals surface area contributed by atoms with E-state index in [9.17, 15) is 4.79 Å². The summed E-state index contributed by atoms with van der Waals surface area (Å²) in [6, 6.07) is 22.0. The van der Waals surface area contributed by atoms with Gasteiger partial charge in [-0.1, -0.05) is 24.3 Å². The van der Waals surface area contributed by atoms with Crippen LogP contribution in [0.5, 0.6) is 11.5 Å². The number of ether oxygens (including phenoxy) is 2. The molecule has 1 aliphatic heterocycles. The van der Waals surface area contributed by atoms with E-state index in [0.29, 0.717) is 12.2 Å². The predicted molar refractivity (Wildman–Crippen MR) is 167 cm³/mol. The number of amides is 1. The third-order valence-electron chi connectivity index (χ3n) is 8.00. The molecular formula is C34H39N5O3. The number of carbonyl (C=O) groups is 1. The summed E-state index contributed by atoms with van der Waals surface area (Å²) in [5, 5.41) is 0. The van der Waals surface area contributed by atoms with Crippen LogP contribution in [0.1, 0.15) is 27.9 Å². The van der Waals surface area contributed by atoms with Crippen molar-refractivity contribution >= 4 is 23.1 Å². The lowest BCUT2D eigenvalue weighted by atomic mass is 9.99. The van der Waals surface area contributed by atoms with E-state index in [4.69, 9.17) is 9.47 Å². The largest absolute Gasteiger partial charge is 0.497 e. The van der Waals surface area contributed by atoms with E-state index in [1.165, 1.54) is 6.33 Å². The third kappa shape index (κ3) is 6.55. The molecule has 0 atom stereocenters. The van der Waals surface area contributed by atoms with E-state index < -0.39 is 0 Å². The molecule has 42 heavy (non-hydrogen) atoms. The van der Waals surface area contributed by atoms with Crippen LogP contribution in [0.2, 0.25) is 0 Å². The number of hydrogen-bond donors (Lipinski definition) is 0. The Balaban J connectivity index is 1.48. The van der Waals surface area contributed by atoms with Crippen LogP contribution in [-0.4, -0.2) is 68.2 Å². The summed E-state index contributed by atoms with van der Waals surface area (Å²) in [6.45, 7) is 8.13. The molecular weight excluding hydrogens is 526 g/mol. The van der Waals surface area contributed by atoms with Gasteiger partial charge in [0.05, 0.1) is 32.0 Å². The van der Waals surface area contributed by atoms with Gasteiger partial charge >= 0.3 is 0 Å². The molecule has 0 unspecified atom stereocenters. The van der Waals surface area contributed by atoms with Gasteiger partial charge in [0.25, 0.3) is 0 Å². The van der Waals surface area contributed by atoms with Gasteiger partial charge in [0, 0.05) is 56.0 Å². The van der Waals surface area contributed by atoms with Crippen LogP contribution in [0.15, 0.2) is 73.1 Å². The molecule has 1 aliphatic rings. The summed E-state index contributed by atoms with van der Waals surface area (Å²) in [5.74, 6) is 1.93. The number of aromatic nitrogens is 2. The van der Waals surface area contributed by atoms with Crippen molar-refractivity contribution in [2.24, 2.45) is 0 Å². The summed E-state index contributed by atoms with van der Waals surface area (Å²) < 4.78 is 11.0. The van der Waals surface area contributed by atoms with Crippen LogP contribution in [0, 0.1) is 13.8 Å². The normalized spacial score (nSPS) is 13.6. The van der Waals surface area contributed by atoms with Gasteiger partial charge in [0.1, 0.15) is 23.6 Å². The predicted octanol–water partition coefficient (Wildman–Crippen LogP) is 5.36. The highest BCUT2D eigenvalue weighted by Crippen LogP contribution is 2.31. The summed E-state index contributed by atoms with van der Waals surface area (Å²) in [4.78, 5) is 29.7. The van der Waals surface area contributed by atoms with Crippen LogP contribution in [-0.2, 0) is 17.6 Å². The average molecular weight is 566 g/mol. The first-order valence-electron chi connectivity index (χ1n) is 14.3. The summed E-state index contributed by atoms with van der Waals surface area (Å²) >= 11 is 0. The Morgan fingerprint density at radius 1 is 0.881 bits per heavy atom. The second kappa shape index (κ2) is 13.0. The number of hydrogen-bond acceptors (Lipinski definition) is 7. The topological polar surface area (TPSA) is 71.0 Å². The van der Waals surface area contributed by atoms with E-state index in [1.807, 2.05) is 42.5 Å². The number of carbonyl (C=O) groups excluding carboxylic acids is 1. The van der Waals surface area contributed by atoms with Gasteiger partial charge in [-0.15, -0.1) is 0 Å². The average Bonchev–Trinajstić information content (AvgIpc) is 3.00. The highest BCUT2D eigenvalue weighted by Gasteiger charge is 2.23. The van der Waals surface area contributed by atoms with Crippen LogP contribution < -0.4 is 19.3 Å². The van der Waals surface area contributed by atoms with Crippen LogP contribution in [0.3, 0.4) is 0 Å². The van der Waals surface area contributed by atoms with Crippen molar-refractivity contribution in [3.8, 4) is 11.5 Å². The highest BCUT2D eigenvalue weighted by atomic mass is 16.5. The molecule has 0 saturated carbocycles. The third-order valence-corrected chi connectivity index (χ3v) is 8.00. The first-order valence-corrected chi connectivity index (χ1v) is 14.3. The molecule has 5 rings (SSSR count). The van der Waals surface area contributed by atoms with E-state index in [0.717, 1.165) is 77.0 Å². The highest BCUT2D eigenvalue weighted by molar-refractivity contribution is 6.01. The molecule has 8 heteroatoms. The Morgan fingerprint density at radius 2 is 1.60 bits per heavy atom. The number of nitrogens with zero attached hydrogens (tertiary/aromatic N) is 5. The zero-order valence-corrected chi connectivity index (χ0v) is 25.1. The molecule has 1 fully saturated rings. The van der Waals surface area contributed by atoms with Crippen molar-refractivity contribution in [2.45, 2.75) is 26.7 Å². The molecule has 1 amide bonds. The Kier molecular flexibility index (Phi) is 9.03. The Labute approximate surface area is 248 Å². The minimum absolute atomic E-state index is 0.0496. The van der Waals surface area contributed by atoms with Gasteiger partial charge in [0.15, 0.2) is 0 Å². The van der Waals surface area contributed by atoms with E-state index in [-0.39, 0.29) is 12.3 Å². The zero-order chi connectivity index (χ0) is 29.6. The van der Waals surface area contributed by atoms with Gasteiger partial charge in [-0.2, -0.15) is 0 Å². The SMILES string of the molecule is COc1ccc(Cc2cc(N(C(=O)Cc3c(C)cccc3C)c3ccc(N4CCN(C)CC4)cc3)ncn2)c(OC)c1. The standard InChI is InChI=1S/C34H39N5O3/c1-24-7-6-8-25(2)31(24)22-34(40)39(29-12-10-28(11-13-29)38-17-15-37(3)16-18-38)33-20-27(35-23-36-33)19-26-9-14-30(41-4)21-32(26)42-5/h6-14,20-21,23H,15-19,22H2,1-5H3. The van der Waals surface area contributed by atoms with Crippen LogP contribution >= 0.6 is 0 Å². The number of piperazine rings is 1. The van der Waals surface area contributed by atoms with E-state index >= 15 is 0 Å². The number of aryl methyl sites for hydroxylation is 2. The molecule has 0 spiro atoms. The summed E-state index contributed by atoms with van der Waals surface area (Å²) in [7, 11) is 5.43. The number of methoxy groups -OCH3 is 2. The van der Waals surface area contributed by atoms with Crippen molar-refractivity contribution in [3.63, 3.8) is 0 Å². The van der Waals surface area contributed by atoms with Crippen molar-refractivity contribution in [3.05, 3.63) is 101 Å². The van der Waals surface area contributed by atoms with Crippen molar-refractivity contribution in [2.75, 3.05) is 57.2 Å². The van der Waals surface area contributed by atoms with Gasteiger partial charge in [-0.05, 0) is 67.9 Å². The van der Waals surface area contributed by atoms with Crippen LogP contribution in [0.25, 0.3) is 0 Å². The maximum Gasteiger partial charge on any atom is 0.237 e. The molecule has 218 valence electrons. The fraction of sp³-hybridized carbons (Fsp3) is 0.324. The van der Waals surface area contributed by atoms with Gasteiger partial charge in [-0.3, -0.25) is 9.69 Å². The number of rotatable bonds is 9. The molecule has 1 aromatic heterocycles. The summed E-state index contributed by atoms with van der Waals surface area (Å²) in [5.41, 5.74) is 6.92. The van der Waals surface area contributed by atoms with Crippen molar-refractivity contribution in [1.82, 2.24) is 14.9 Å². The lowest BCUT2D eigenvalue weighted by Crippen LogP contribution is -2.44. The first-order chi connectivity index (χ1) is 20.4. The van der Waals surface area contributed by atoms with E-state index in [1.54, 1.807) is 19.1 Å². The molecule has 0 radical (unpaired) electrons. The molecule has 3 aromatic carbocycles. The number of benzene rings is 3. The minimum atomic E-state index is -0.0496. The lowest BCUT2D eigenvalue weighted by Gasteiger charge is -2.34. The fourth-order valence-corrected chi connectivity index (χ4v) is 5.44. The molecule has 0 N–H and O–H groups in total. The fourth-order valence-electron chi connectivity index (χ4n) is 5.44. The maximum atomic E-state index is 14.1. The molecule has 2 heterocycles. The monoisotopic (exact) mass is 565 g/mol. The van der Waals surface area contributed by atoms with Gasteiger partial charge in [-0.25, -0.2) is 9.97 Å². The molecule has 1 saturated heterocycles. The Bertz CT molecular complexity index is 1510. The van der Waals surface area contributed by atoms with Crippen LogP contribution in [0.4, 0.5) is 17.2 Å². The van der Waals surface area contributed by atoms with Gasteiger partial charge in [0.2, 0.25) is 5.91 Å². The van der Waals surface area contributed by atoms with E-state index in [2.05, 4.69) is 64.9 Å². The quantitative estimate of drug-likeness (QED) is 0.271. The Hall–Kier alpha value is -4.43. The zero-order valence-electron chi connectivity index (χ0n) is 25.1. The second-order valence-electron chi connectivity index (χ2n) is 10.8.